The van der Waals surface area contributed by atoms with Gasteiger partial charge in [-0.05, 0) is 38.0 Å². The molecule has 5 nitrogen and oxygen atoms in total. The number of ether oxygens (including phenoxy) is 2. The van der Waals surface area contributed by atoms with Crippen molar-refractivity contribution in [1.29, 1.82) is 0 Å². The van der Waals surface area contributed by atoms with Crippen molar-refractivity contribution in [2.24, 2.45) is 0 Å². The summed E-state index contributed by atoms with van der Waals surface area (Å²) in [7, 11) is 0. The fraction of sp³-hybridized carbons (Fsp3) is 0.500. The monoisotopic (exact) mass is 298 g/mol. The highest BCUT2D eigenvalue weighted by atomic mass is 35.5. The second-order valence-electron chi connectivity index (χ2n) is 4.91. The standard InChI is InChI=1S/C14H19ClN2O3/c1-9(2)17-14(18)16-4-3-10-7-11(15)13-12(8-10)19-5-6-20-13/h7-9H,3-6H2,1-2H3,(H2,16,17,18). The van der Waals surface area contributed by atoms with Crippen molar-refractivity contribution >= 4 is 17.6 Å². The predicted octanol–water partition coefficient (Wildman–Crippen LogP) is 2.36. The predicted molar refractivity (Wildman–Crippen MR) is 77.8 cm³/mol. The molecular weight excluding hydrogens is 280 g/mol. The fourth-order valence-electron chi connectivity index (χ4n) is 1.94. The normalized spacial score (nSPS) is 13.2. The van der Waals surface area contributed by atoms with Gasteiger partial charge in [-0.1, -0.05) is 11.6 Å². The number of urea groups is 1. The summed E-state index contributed by atoms with van der Waals surface area (Å²) in [5.74, 6) is 1.28. The van der Waals surface area contributed by atoms with Crippen LogP contribution in [-0.4, -0.2) is 31.8 Å². The number of carbonyl (C=O) groups is 1. The fourth-order valence-corrected chi connectivity index (χ4v) is 2.23. The van der Waals surface area contributed by atoms with Gasteiger partial charge in [0.2, 0.25) is 0 Å². The molecule has 2 N–H and O–H groups in total. The molecule has 1 aromatic carbocycles. The van der Waals surface area contributed by atoms with Crippen LogP contribution >= 0.6 is 11.6 Å². The molecule has 0 fully saturated rings. The van der Waals surface area contributed by atoms with Crippen LogP contribution in [0.2, 0.25) is 5.02 Å². The summed E-state index contributed by atoms with van der Waals surface area (Å²) >= 11 is 6.15. The van der Waals surface area contributed by atoms with Crippen LogP contribution in [0.3, 0.4) is 0 Å². The number of fused-ring (bicyclic) bond motifs is 1. The van der Waals surface area contributed by atoms with Gasteiger partial charge in [0.05, 0.1) is 5.02 Å². The van der Waals surface area contributed by atoms with Crippen molar-refractivity contribution in [1.82, 2.24) is 10.6 Å². The minimum Gasteiger partial charge on any atom is -0.486 e. The number of hydrogen-bond acceptors (Lipinski definition) is 3. The van der Waals surface area contributed by atoms with Crippen LogP contribution in [0.25, 0.3) is 0 Å². The van der Waals surface area contributed by atoms with Crippen molar-refractivity contribution in [2.45, 2.75) is 26.3 Å². The Kier molecular flexibility index (Phi) is 4.95. The van der Waals surface area contributed by atoms with E-state index in [0.717, 1.165) is 5.56 Å². The molecule has 0 spiro atoms. The number of halogens is 1. The quantitative estimate of drug-likeness (QED) is 0.897. The first kappa shape index (κ1) is 14.8. The van der Waals surface area contributed by atoms with Crippen LogP contribution in [-0.2, 0) is 6.42 Å². The molecule has 0 atom stereocenters. The van der Waals surface area contributed by atoms with E-state index in [9.17, 15) is 4.79 Å². The molecule has 2 amide bonds. The maximum Gasteiger partial charge on any atom is 0.314 e. The van der Waals surface area contributed by atoms with E-state index in [4.69, 9.17) is 21.1 Å². The molecule has 20 heavy (non-hydrogen) atoms. The molecule has 0 unspecified atom stereocenters. The molecule has 1 heterocycles. The second kappa shape index (κ2) is 6.70. The zero-order chi connectivity index (χ0) is 14.5. The number of rotatable bonds is 4. The highest BCUT2D eigenvalue weighted by Gasteiger charge is 2.16. The first-order chi connectivity index (χ1) is 9.56. The zero-order valence-electron chi connectivity index (χ0n) is 11.7. The molecule has 0 bridgehead atoms. The summed E-state index contributed by atoms with van der Waals surface area (Å²) < 4.78 is 11.0. The van der Waals surface area contributed by atoms with Crippen molar-refractivity contribution in [2.75, 3.05) is 19.8 Å². The van der Waals surface area contributed by atoms with Crippen molar-refractivity contribution in [3.63, 3.8) is 0 Å². The molecule has 0 aromatic heterocycles. The Balaban J connectivity index is 1.90. The Morgan fingerprint density at radius 1 is 1.35 bits per heavy atom. The van der Waals surface area contributed by atoms with Gasteiger partial charge in [0, 0.05) is 12.6 Å². The van der Waals surface area contributed by atoms with Gasteiger partial charge in [0.15, 0.2) is 11.5 Å². The molecule has 0 saturated heterocycles. The van der Waals surface area contributed by atoms with E-state index in [1.807, 2.05) is 26.0 Å². The highest BCUT2D eigenvalue weighted by Crippen LogP contribution is 2.38. The lowest BCUT2D eigenvalue weighted by Gasteiger charge is -2.20. The third-order valence-corrected chi connectivity index (χ3v) is 3.06. The van der Waals surface area contributed by atoms with Crippen LogP contribution in [0.15, 0.2) is 12.1 Å². The van der Waals surface area contributed by atoms with Crippen molar-refractivity contribution in [3.8, 4) is 11.5 Å². The van der Waals surface area contributed by atoms with Crippen LogP contribution in [0.1, 0.15) is 19.4 Å². The summed E-state index contributed by atoms with van der Waals surface area (Å²) in [5, 5.41) is 6.11. The van der Waals surface area contributed by atoms with E-state index >= 15 is 0 Å². The maximum absolute atomic E-state index is 11.5. The molecule has 6 heteroatoms. The molecule has 110 valence electrons. The molecule has 1 aromatic rings. The van der Waals surface area contributed by atoms with Gasteiger partial charge < -0.3 is 20.1 Å². The summed E-state index contributed by atoms with van der Waals surface area (Å²) in [6, 6.07) is 3.71. The van der Waals surface area contributed by atoms with E-state index in [1.54, 1.807) is 0 Å². The van der Waals surface area contributed by atoms with Gasteiger partial charge in [-0.3, -0.25) is 0 Å². The Labute approximate surface area is 123 Å². The molecular formula is C14H19ClN2O3. The third kappa shape index (κ3) is 3.93. The summed E-state index contributed by atoms with van der Waals surface area (Å²) in [6.45, 7) is 5.42. The SMILES string of the molecule is CC(C)NC(=O)NCCc1cc(Cl)c2c(c1)OCCO2. The Hall–Kier alpha value is -1.62. The lowest BCUT2D eigenvalue weighted by molar-refractivity contribution is 0.171. The topological polar surface area (TPSA) is 59.6 Å². The summed E-state index contributed by atoms with van der Waals surface area (Å²) in [6.07, 6.45) is 0.682. The lowest BCUT2D eigenvalue weighted by atomic mass is 10.1. The average molecular weight is 299 g/mol. The van der Waals surface area contributed by atoms with E-state index in [1.165, 1.54) is 0 Å². The van der Waals surface area contributed by atoms with E-state index in [-0.39, 0.29) is 12.1 Å². The largest absolute Gasteiger partial charge is 0.486 e. The zero-order valence-corrected chi connectivity index (χ0v) is 12.4. The van der Waals surface area contributed by atoms with Crippen LogP contribution in [0.5, 0.6) is 11.5 Å². The molecule has 2 rings (SSSR count). The number of amides is 2. The van der Waals surface area contributed by atoms with Gasteiger partial charge >= 0.3 is 6.03 Å². The van der Waals surface area contributed by atoms with Crippen molar-refractivity contribution in [3.05, 3.63) is 22.7 Å². The Morgan fingerprint density at radius 3 is 2.85 bits per heavy atom. The van der Waals surface area contributed by atoms with Gasteiger partial charge in [0.1, 0.15) is 13.2 Å². The second-order valence-corrected chi connectivity index (χ2v) is 5.31. The number of benzene rings is 1. The number of hydrogen-bond donors (Lipinski definition) is 2. The molecule has 1 aliphatic rings. The Bertz CT molecular complexity index is 492. The van der Waals surface area contributed by atoms with Crippen molar-refractivity contribution < 1.29 is 14.3 Å². The van der Waals surface area contributed by atoms with Gasteiger partial charge in [-0.15, -0.1) is 0 Å². The molecule has 1 aliphatic heterocycles. The maximum atomic E-state index is 11.5. The van der Waals surface area contributed by atoms with E-state index in [0.29, 0.717) is 42.7 Å². The highest BCUT2D eigenvalue weighted by molar-refractivity contribution is 6.32. The lowest BCUT2D eigenvalue weighted by Crippen LogP contribution is -2.40. The van der Waals surface area contributed by atoms with Gasteiger partial charge in [-0.25, -0.2) is 4.79 Å². The van der Waals surface area contributed by atoms with E-state index in [2.05, 4.69) is 10.6 Å². The smallest absolute Gasteiger partial charge is 0.314 e. The summed E-state index contributed by atoms with van der Waals surface area (Å²) in [5.41, 5.74) is 1.00. The minimum absolute atomic E-state index is 0.124. The minimum atomic E-state index is -0.163. The first-order valence-electron chi connectivity index (χ1n) is 6.68. The number of nitrogens with one attached hydrogen (secondary N) is 2. The molecule has 0 saturated carbocycles. The molecule has 0 aliphatic carbocycles. The van der Waals surface area contributed by atoms with Crippen LogP contribution in [0, 0.1) is 0 Å². The van der Waals surface area contributed by atoms with Gasteiger partial charge in [-0.2, -0.15) is 0 Å². The summed E-state index contributed by atoms with van der Waals surface area (Å²) in [4.78, 5) is 11.5. The van der Waals surface area contributed by atoms with Gasteiger partial charge in [0.25, 0.3) is 0 Å². The van der Waals surface area contributed by atoms with E-state index < -0.39 is 0 Å². The number of carbonyl (C=O) groups excluding carboxylic acids is 1. The Morgan fingerprint density at radius 2 is 2.10 bits per heavy atom. The first-order valence-corrected chi connectivity index (χ1v) is 7.06. The third-order valence-electron chi connectivity index (χ3n) is 2.78. The average Bonchev–Trinajstić information content (AvgIpc) is 2.38. The van der Waals surface area contributed by atoms with Crippen LogP contribution < -0.4 is 20.1 Å². The van der Waals surface area contributed by atoms with Crippen LogP contribution in [0.4, 0.5) is 4.79 Å². The molecule has 0 radical (unpaired) electrons.